The smallest absolute Gasteiger partial charge is 0.0831 e. The summed E-state index contributed by atoms with van der Waals surface area (Å²) in [5, 5.41) is 13.1. The van der Waals surface area contributed by atoms with E-state index in [0.29, 0.717) is 19.8 Å². The van der Waals surface area contributed by atoms with Crippen molar-refractivity contribution < 1.29 is 14.6 Å². The van der Waals surface area contributed by atoms with Gasteiger partial charge in [-0.25, -0.2) is 0 Å². The highest BCUT2D eigenvalue weighted by atomic mass is 16.5. The van der Waals surface area contributed by atoms with E-state index in [1.807, 2.05) is 13.8 Å². The molecule has 0 aliphatic carbocycles. The molecule has 1 aliphatic rings. The van der Waals surface area contributed by atoms with Gasteiger partial charge in [0, 0.05) is 45.4 Å². The van der Waals surface area contributed by atoms with Crippen LogP contribution in [0.1, 0.15) is 13.8 Å². The number of hydrogen-bond donors (Lipinski definition) is 2. The number of nitrogens with zero attached hydrogens (tertiary/aromatic N) is 1. The molecule has 2 atom stereocenters. The topological polar surface area (TPSA) is 54.0 Å². The standard InChI is InChI=1S/C12H26N2O3/c1-3-16-7-5-14(6-8-17-4-2)11-9-13-10-12(11)15/h11-13,15H,3-10H2,1-2H3/t11-,12-/m0/s1. The van der Waals surface area contributed by atoms with Gasteiger partial charge < -0.3 is 19.9 Å². The van der Waals surface area contributed by atoms with Crippen molar-refractivity contribution in [1.82, 2.24) is 10.2 Å². The third kappa shape index (κ3) is 5.31. The molecule has 1 aliphatic heterocycles. The summed E-state index contributed by atoms with van der Waals surface area (Å²) < 4.78 is 10.8. The lowest BCUT2D eigenvalue weighted by molar-refractivity contribution is 0.0317. The first kappa shape index (κ1) is 14.9. The molecule has 0 aromatic carbocycles. The maximum Gasteiger partial charge on any atom is 0.0831 e. The molecule has 17 heavy (non-hydrogen) atoms. The fourth-order valence-electron chi connectivity index (χ4n) is 2.12. The van der Waals surface area contributed by atoms with Gasteiger partial charge in [-0.05, 0) is 13.8 Å². The Bertz CT molecular complexity index is 183. The minimum absolute atomic E-state index is 0.191. The van der Waals surface area contributed by atoms with Crippen LogP contribution in [0.2, 0.25) is 0 Å². The van der Waals surface area contributed by atoms with E-state index in [4.69, 9.17) is 9.47 Å². The van der Waals surface area contributed by atoms with E-state index in [9.17, 15) is 5.11 Å². The molecule has 0 saturated carbocycles. The average molecular weight is 246 g/mol. The second-order valence-electron chi connectivity index (χ2n) is 4.22. The Morgan fingerprint density at radius 2 is 1.71 bits per heavy atom. The lowest BCUT2D eigenvalue weighted by Crippen LogP contribution is -2.46. The lowest BCUT2D eigenvalue weighted by atomic mass is 10.2. The van der Waals surface area contributed by atoms with Crippen molar-refractivity contribution in [1.29, 1.82) is 0 Å². The zero-order chi connectivity index (χ0) is 12.5. The molecule has 5 heteroatoms. The maximum absolute atomic E-state index is 9.89. The van der Waals surface area contributed by atoms with Crippen molar-refractivity contribution in [2.24, 2.45) is 0 Å². The van der Waals surface area contributed by atoms with Gasteiger partial charge in [0.2, 0.25) is 0 Å². The Morgan fingerprint density at radius 1 is 1.12 bits per heavy atom. The molecule has 0 radical (unpaired) electrons. The van der Waals surface area contributed by atoms with Crippen LogP contribution >= 0.6 is 0 Å². The molecule has 0 amide bonds. The minimum atomic E-state index is -0.279. The van der Waals surface area contributed by atoms with Gasteiger partial charge >= 0.3 is 0 Å². The van der Waals surface area contributed by atoms with Crippen LogP contribution in [-0.2, 0) is 9.47 Å². The van der Waals surface area contributed by atoms with Crippen LogP contribution in [0.4, 0.5) is 0 Å². The Hall–Kier alpha value is -0.200. The number of aliphatic hydroxyl groups is 1. The number of hydrogen-bond acceptors (Lipinski definition) is 5. The predicted molar refractivity (Wildman–Crippen MR) is 67.2 cm³/mol. The van der Waals surface area contributed by atoms with E-state index in [1.165, 1.54) is 0 Å². The lowest BCUT2D eigenvalue weighted by Gasteiger charge is -2.30. The van der Waals surface area contributed by atoms with Crippen molar-refractivity contribution in [2.75, 3.05) is 52.6 Å². The summed E-state index contributed by atoms with van der Waals surface area (Å²) in [5.74, 6) is 0. The summed E-state index contributed by atoms with van der Waals surface area (Å²) in [4.78, 5) is 2.26. The van der Waals surface area contributed by atoms with E-state index in [0.717, 1.165) is 32.8 Å². The molecule has 2 N–H and O–H groups in total. The quantitative estimate of drug-likeness (QED) is 0.547. The molecule has 0 spiro atoms. The fourth-order valence-corrected chi connectivity index (χ4v) is 2.12. The van der Waals surface area contributed by atoms with E-state index < -0.39 is 0 Å². The van der Waals surface area contributed by atoms with Crippen molar-refractivity contribution >= 4 is 0 Å². The van der Waals surface area contributed by atoms with Gasteiger partial charge in [-0.3, -0.25) is 4.90 Å². The van der Waals surface area contributed by atoms with Crippen LogP contribution in [0.25, 0.3) is 0 Å². The molecule has 0 aromatic heterocycles. The summed E-state index contributed by atoms with van der Waals surface area (Å²) >= 11 is 0. The van der Waals surface area contributed by atoms with E-state index in [1.54, 1.807) is 0 Å². The number of rotatable bonds is 9. The Morgan fingerprint density at radius 3 is 2.12 bits per heavy atom. The third-order valence-electron chi connectivity index (χ3n) is 3.07. The van der Waals surface area contributed by atoms with Gasteiger partial charge in [0.25, 0.3) is 0 Å². The Balaban J connectivity index is 2.34. The third-order valence-corrected chi connectivity index (χ3v) is 3.07. The number of ether oxygens (including phenoxy) is 2. The molecule has 1 fully saturated rings. The predicted octanol–water partition coefficient (Wildman–Crippen LogP) is -0.306. The first-order valence-electron chi connectivity index (χ1n) is 6.57. The highest BCUT2D eigenvalue weighted by Gasteiger charge is 2.29. The molecule has 1 saturated heterocycles. The molecular formula is C12H26N2O3. The van der Waals surface area contributed by atoms with Crippen molar-refractivity contribution in [3.63, 3.8) is 0 Å². The second-order valence-corrected chi connectivity index (χ2v) is 4.22. The largest absolute Gasteiger partial charge is 0.390 e. The normalized spacial score (nSPS) is 24.7. The van der Waals surface area contributed by atoms with E-state index >= 15 is 0 Å². The zero-order valence-electron chi connectivity index (χ0n) is 11.0. The Kier molecular flexibility index (Phi) is 7.72. The van der Waals surface area contributed by atoms with Gasteiger partial charge in [-0.15, -0.1) is 0 Å². The number of β-amino-alcohol motifs (C(OH)–C–C–N with tert-alkyl or cyclic N) is 1. The van der Waals surface area contributed by atoms with Crippen molar-refractivity contribution in [2.45, 2.75) is 26.0 Å². The first-order valence-corrected chi connectivity index (χ1v) is 6.57. The second kappa shape index (κ2) is 8.83. The number of nitrogens with one attached hydrogen (secondary N) is 1. The van der Waals surface area contributed by atoms with Crippen LogP contribution in [0, 0.1) is 0 Å². The molecule has 5 nitrogen and oxygen atoms in total. The van der Waals surface area contributed by atoms with Gasteiger partial charge in [0.1, 0.15) is 0 Å². The minimum Gasteiger partial charge on any atom is -0.390 e. The van der Waals surface area contributed by atoms with Gasteiger partial charge in [0.05, 0.1) is 19.3 Å². The molecule has 0 aromatic rings. The SMILES string of the molecule is CCOCCN(CCOCC)[C@H]1CNC[C@@H]1O. The summed E-state index contributed by atoms with van der Waals surface area (Å²) in [6, 6.07) is 0.191. The highest BCUT2D eigenvalue weighted by molar-refractivity contribution is 4.88. The molecule has 102 valence electrons. The van der Waals surface area contributed by atoms with E-state index in [-0.39, 0.29) is 12.1 Å². The highest BCUT2D eigenvalue weighted by Crippen LogP contribution is 2.09. The average Bonchev–Trinajstić information content (AvgIpc) is 2.74. The van der Waals surface area contributed by atoms with Crippen LogP contribution in [0.15, 0.2) is 0 Å². The summed E-state index contributed by atoms with van der Waals surface area (Å²) in [6.07, 6.45) is -0.279. The molecule has 1 heterocycles. The van der Waals surface area contributed by atoms with Crippen LogP contribution in [-0.4, -0.2) is 74.8 Å². The first-order chi connectivity index (χ1) is 8.29. The summed E-state index contributed by atoms with van der Waals surface area (Å²) in [5.41, 5.74) is 0. The van der Waals surface area contributed by atoms with Crippen molar-refractivity contribution in [3.8, 4) is 0 Å². The molecule has 0 bridgehead atoms. The monoisotopic (exact) mass is 246 g/mol. The van der Waals surface area contributed by atoms with E-state index in [2.05, 4.69) is 10.2 Å². The maximum atomic E-state index is 9.89. The summed E-state index contributed by atoms with van der Waals surface area (Å²) in [6.45, 7) is 10.1. The number of aliphatic hydroxyl groups excluding tert-OH is 1. The van der Waals surface area contributed by atoms with Gasteiger partial charge in [-0.2, -0.15) is 0 Å². The van der Waals surface area contributed by atoms with Crippen LogP contribution in [0.5, 0.6) is 0 Å². The van der Waals surface area contributed by atoms with Crippen molar-refractivity contribution in [3.05, 3.63) is 0 Å². The van der Waals surface area contributed by atoms with Crippen LogP contribution in [0.3, 0.4) is 0 Å². The summed E-state index contributed by atoms with van der Waals surface area (Å²) in [7, 11) is 0. The van der Waals surface area contributed by atoms with Gasteiger partial charge in [0.15, 0.2) is 0 Å². The Labute approximate surface area is 104 Å². The molecular weight excluding hydrogens is 220 g/mol. The molecule has 0 unspecified atom stereocenters. The van der Waals surface area contributed by atoms with Gasteiger partial charge in [-0.1, -0.05) is 0 Å². The van der Waals surface area contributed by atoms with Crippen LogP contribution < -0.4 is 5.32 Å². The zero-order valence-corrected chi connectivity index (χ0v) is 11.0. The molecule has 1 rings (SSSR count). The fraction of sp³-hybridized carbons (Fsp3) is 1.00.